The molecule has 106 valence electrons. The number of benzene rings is 1. The zero-order valence-electron chi connectivity index (χ0n) is 12.3. The summed E-state index contributed by atoms with van der Waals surface area (Å²) in [4.78, 5) is 1.49. The van der Waals surface area contributed by atoms with Crippen LogP contribution in [0.1, 0.15) is 51.5 Å². The van der Waals surface area contributed by atoms with Gasteiger partial charge in [0.1, 0.15) is 0 Å². The van der Waals surface area contributed by atoms with Crippen LogP contribution < -0.4 is 5.32 Å². The van der Waals surface area contributed by atoms with E-state index in [1.807, 2.05) is 0 Å². The molecule has 1 aromatic carbocycles. The van der Waals surface area contributed by atoms with Gasteiger partial charge >= 0.3 is 0 Å². The SMILES string of the molecule is CCCNCc1ccccc1SC1CCCC(C)C1. The van der Waals surface area contributed by atoms with Crippen molar-refractivity contribution >= 4 is 11.8 Å². The van der Waals surface area contributed by atoms with Crippen molar-refractivity contribution < 1.29 is 0 Å². The summed E-state index contributed by atoms with van der Waals surface area (Å²) in [6.07, 6.45) is 6.83. The highest BCUT2D eigenvalue weighted by molar-refractivity contribution is 8.00. The fourth-order valence-corrected chi connectivity index (χ4v) is 4.35. The van der Waals surface area contributed by atoms with E-state index < -0.39 is 0 Å². The van der Waals surface area contributed by atoms with Gasteiger partial charge in [0.2, 0.25) is 0 Å². The van der Waals surface area contributed by atoms with Gasteiger partial charge in [0.25, 0.3) is 0 Å². The van der Waals surface area contributed by atoms with E-state index in [9.17, 15) is 0 Å². The summed E-state index contributed by atoms with van der Waals surface area (Å²) in [6, 6.07) is 8.92. The minimum absolute atomic E-state index is 0.830. The Balaban J connectivity index is 1.94. The molecule has 0 spiro atoms. The highest BCUT2D eigenvalue weighted by Gasteiger charge is 2.20. The normalized spacial score (nSPS) is 23.5. The lowest BCUT2D eigenvalue weighted by molar-refractivity contribution is 0.394. The third kappa shape index (κ3) is 4.85. The maximum atomic E-state index is 3.52. The van der Waals surface area contributed by atoms with Crippen molar-refractivity contribution in [2.45, 2.75) is 62.6 Å². The van der Waals surface area contributed by atoms with Gasteiger partial charge in [-0.15, -0.1) is 11.8 Å². The lowest BCUT2D eigenvalue weighted by Gasteiger charge is -2.26. The van der Waals surface area contributed by atoms with E-state index in [0.29, 0.717) is 0 Å². The molecule has 2 heteroatoms. The third-order valence-corrected chi connectivity index (χ3v) is 5.31. The Labute approximate surface area is 122 Å². The third-order valence-electron chi connectivity index (χ3n) is 3.90. The summed E-state index contributed by atoms with van der Waals surface area (Å²) in [5.41, 5.74) is 1.47. The van der Waals surface area contributed by atoms with E-state index >= 15 is 0 Å². The van der Waals surface area contributed by atoms with Crippen LogP contribution in [0.3, 0.4) is 0 Å². The van der Waals surface area contributed by atoms with Crippen molar-refractivity contribution in [2.75, 3.05) is 6.54 Å². The summed E-state index contributed by atoms with van der Waals surface area (Å²) in [5, 5.41) is 4.35. The summed E-state index contributed by atoms with van der Waals surface area (Å²) in [7, 11) is 0. The second-order valence-corrected chi connectivity index (χ2v) is 7.14. The molecule has 19 heavy (non-hydrogen) atoms. The van der Waals surface area contributed by atoms with Crippen LogP contribution in [-0.4, -0.2) is 11.8 Å². The van der Waals surface area contributed by atoms with Crippen LogP contribution in [-0.2, 0) is 6.54 Å². The monoisotopic (exact) mass is 277 g/mol. The van der Waals surface area contributed by atoms with Crippen molar-refractivity contribution in [1.82, 2.24) is 5.32 Å². The zero-order valence-corrected chi connectivity index (χ0v) is 13.1. The molecule has 1 N–H and O–H groups in total. The zero-order chi connectivity index (χ0) is 13.5. The van der Waals surface area contributed by atoms with Crippen molar-refractivity contribution in [2.24, 2.45) is 5.92 Å². The molecule has 2 unspecified atom stereocenters. The second kappa shape index (κ2) is 7.96. The summed E-state index contributed by atoms with van der Waals surface area (Å²) < 4.78 is 0. The molecule has 1 saturated carbocycles. The highest BCUT2D eigenvalue weighted by atomic mass is 32.2. The second-order valence-electron chi connectivity index (χ2n) is 5.80. The van der Waals surface area contributed by atoms with Gasteiger partial charge in [-0.3, -0.25) is 0 Å². The lowest BCUT2D eigenvalue weighted by atomic mass is 9.91. The molecule has 1 aliphatic rings. The van der Waals surface area contributed by atoms with Gasteiger partial charge in [-0.05, 0) is 43.4 Å². The molecule has 0 aliphatic heterocycles. The Morgan fingerprint density at radius 3 is 2.89 bits per heavy atom. The van der Waals surface area contributed by atoms with E-state index in [1.165, 1.54) is 42.6 Å². The number of hydrogen-bond donors (Lipinski definition) is 1. The van der Waals surface area contributed by atoms with Gasteiger partial charge in [0.05, 0.1) is 0 Å². The van der Waals surface area contributed by atoms with Gasteiger partial charge in [0, 0.05) is 16.7 Å². The molecular weight excluding hydrogens is 250 g/mol. The number of nitrogens with one attached hydrogen (secondary N) is 1. The predicted octanol–water partition coefficient (Wildman–Crippen LogP) is 4.86. The smallest absolute Gasteiger partial charge is 0.0216 e. The molecule has 1 aliphatic carbocycles. The quantitative estimate of drug-likeness (QED) is 0.745. The highest BCUT2D eigenvalue weighted by Crippen LogP contribution is 2.37. The van der Waals surface area contributed by atoms with Crippen molar-refractivity contribution in [3.05, 3.63) is 29.8 Å². The first-order valence-corrected chi connectivity index (χ1v) is 8.62. The van der Waals surface area contributed by atoms with Gasteiger partial charge in [-0.1, -0.05) is 44.9 Å². The topological polar surface area (TPSA) is 12.0 Å². The van der Waals surface area contributed by atoms with Crippen LogP contribution in [0.4, 0.5) is 0 Å². The summed E-state index contributed by atoms with van der Waals surface area (Å²) in [5.74, 6) is 0.914. The molecule has 0 aromatic heterocycles. The van der Waals surface area contributed by atoms with E-state index in [-0.39, 0.29) is 0 Å². The number of rotatable bonds is 6. The van der Waals surface area contributed by atoms with Gasteiger partial charge in [-0.2, -0.15) is 0 Å². The first-order valence-electron chi connectivity index (χ1n) is 7.75. The van der Waals surface area contributed by atoms with Crippen molar-refractivity contribution in [1.29, 1.82) is 0 Å². The van der Waals surface area contributed by atoms with Crippen molar-refractivity contribution in [3.63, 3.8) is 0 Å². The molecule has 1 fully saturated rings. The van der Waals surface area contributed by atoms with E-state index in [2.05, 4.69) is 55.2 Å². The number of thioether (sulfide) groups is 1. The molecule has 0 heterocycles. The molecule has 0 radical (unpaired) electrons. The molecule has 1 aromatic rings. The molecule has 2 rings (SSSR count). The minimum Gasteiger partial charge on any atom is -0.313 e. The Morgan fingerprint density at radius 1 is 1.26 bits per heavy atom. The first-order chi connectivity index (χ1) is 9.29. The molecule has 0 amide bonds. The average molecular weight is 277 g/mol. The Morgan fingerprint density at radius 2 is 2.11 bits per heavy atom. The lowest BCUT2D eigenvalue weighted by Crippen LogP contribution is -2.17. The molecular formula is C17H27NS. The van der Waals surface area contributed by atoms with Gasteiger partial charge < -0.3 is 5.32 Å². The van der Waals surface area contributed by atoms with Crippen LogP contribution in [0, 0.1) is 5.92 Å². The number of hydrogen-bond acceptors (Lipinski definition) is 2. The minimum atomic E-state index is 0.830. The van der Waals surface area contributed by atoms with E-state index in [4.69, 9.17) is 0 Å². The fourth-order valence-electron chi connectivity index (χ4n) is 2.83. The maximum absolute atomic E-state index is 3.52. The summed E-state index contributed by atoms with van der Waals surface area (Å²) in [6.45, 7) is 6.75. The van der Waals surface area contributed by atoms with Gasteiger partial charge in [-0.25, -0.2) is 0 Å². The molecule has 2 atom stereocenters. The summed E-state index contributed by atoms with van der Waals surface area (Å²) >= 11 is 2.11. The predicted molar refractivity (Wildman–Crippen MR) is 85.7 cm³/mol. The molecule has 1 nitrogen and oxygen atoms in total. The Kier molecular flexibility index (Phi) is 6.25. The van der Waals surface area contributed by atoms with E-state index in [1.54, 1.807) is 0 Å². The Bertz CT molecular complexity index is 377. The van der Waals surface area contributed by atoms with E-state index in [0.717, 1.165) is 24.3 Å². The standard InChI is InChI=1S/C17H27NS/c1-3-11-18-13-15-8-4-5-10-17(15)19-16-9-6-7-14(2)12-16/h4-5,8,10,14,16,18H,3,6-7,9,11-13H2,1-2H3. The Hall–Kier alpha value is -0.470. The molecule has 0 bridgehead atoms. The fraction of sp³-hybridized carbons (Fsp3) is 0.647. The van der Waals surface area contributed by atoms with Crippen LogP contribution in [0.2, 0.25) is 0 Å². The van der Waals surface area contributed by atoms with Crippen LogP contribution >= 0.6 is 11.8 Å². The largest absolute Gasteiger partial charge is 0.313 e. The van der Waals surface area contributed by atoms with Crippen molar-refractivity contribution in [3.8, 4) is 0 Å². The van der Waals surface area contributed by atoms with Crippen LogP contribution in [0.5, 0.6) is 0 Å². The van der Waals surface area contributed by atoms with Crippen LogP contribution in [0.25, 0.3) is 0 Å². The average Bonchev–Trinajstić information content (AvgIpc) is 2.41. The van der Waals surface area contributed by atoms with Gasteiger partial charge in [0.15, 0.2) is 0 Å². The van der Waals surface area contributed by atoms with Crippen LogP contribution in [0.15, 0.2) is 29.2 Å². The first kappa shape index (κ1) is 14.9. The maximum Gasteiger partial charge on any atom is 0.0216 e. The molecule has 0 saturated heterocycles.